The second-order valence-electron chi connectivity index (χ2n) is 4.88. The Morgan fingerprint density at radius 1 is 1.00 bits per heavy atom. The smallest absolute Gasteiger partial charge is 0.329 e. The quantitative estimate of drug-likeness (QED) is 0.729. The second kappa shape index (κ2) is 11.3. The molecule has 0 spiro atoms. The van der Waals surface area contributed by atoms with Crippen LogP contribution in [0.15, 0.2) is 0 Å². The van der Waals surface area contributed by atoms with Crippen LogP contribution in [-0.4, -0.2) is 46.4 Å². The molecule has 0 bridgehead atoms. The standard InChI is InChI=1S/C13H24N2O4.C2H6/c1-7-12(17)15(11(6)16)19-13(18)8-14(9(2)3)10(4)5;1-2/h9-10H,7-8H2,1-6H3;1-2H3. The second-order valence-corrected chi connectivity index (χ2v) is 4.88. The average molecular weight is 302 g/mol. The molecule has 0 aliphatic carbocycles. The molecule has 0 heterocycles. The van der Waals surface area contributed by atoms with Crippen LogP contribution in [0.2, 0.25) is 0 Å². The first kappa shape index (κ1) is 21.9. The van der Waals surface area contributed by atoms with E-state index in [1.165, 1.54) is 6.92 Å². The van der Waals surface area contributed by atoms with Gasteiger partial charge in [0.05, 0.1) is 6.54 Å². The first-order chi connectivity index (χ1) is 9.70. The van der Waals surface area contributed by atoms with E-state index in [2.05, 4.69) is 0 Å². The highest BCUT2D eigenvalue weighted by atomic mass is 16.7. The molecule has 0 aromatic heterocycles. The van der Waals surface area contributed by atoms with Gasteiger partial charge < -0.3 is 4.84 Å². The van der Waals surface area contributed by atoms with Gasteiger partial charge in [-0.1, -0.05) is 20.8 Å². The first-order valence-electron chi connectivity index (χ1n) is 7.50. The van der Waals surface area contributed by atoms with Gasteiger partial charge >= 0.3 is 5.97 Å². The number of hydrogen-bond acceptors (Lipinski definition) is 5. The Balaban J connectivity index is 0. The highest BCUT2D eigenvalue weighted by Gasteiger charge is 2.24. The number of hydrogen-bond donors (Lipinski definition) is 0. The van der Waals surface area contributed by atoms with Gasteiger partial charge in [0.2, 0.25) is 0 Å². The van der Waals surface area contributed by atoms with E-state index in [1.54, 1.807) is 6.92 Å². The number of hydroxylamine groups is 2. The Hall–Kier alpha value is -1.43. The molecule has 0 atom stereocenters. The molecule has 0 unspecified atom stereocenters. The highest BCUT2D eigenvalue weighted by molar-refractivity contribution is 5.94. The summed E-state index contributed by atoms with van der Waals surface area (Å²) >= 11 is 0. The number of carbonyl (C=O) groups is 3. The topological polar surface area (TPSA) is 66.9 Å². The maximum absolute atomic E-state index is 11.8. The Morgan fingerprint density at radius 2 is 1.43 bits per heavy atom. The number of amides is 2. The van der Waals surface area contributed by atoms with Crippen LogP contribution in [0.3, 0.4) is 0 Å². The van der Waals surface area contributed by atoms with Crippen molar-refractivity contribution in [3.8, 4) is 0 Å². The predicted octanol–water partition coefficient (Wildman–Crippen LogP) is 2.37. The van der Waals surface area contributed by atoms with Crippen molar-refractivity contribution in [2.75, 3.05) is 6.54 Å². The molecule has 0 aromatic rings. The van der Waals surface area contributed by atoms with Crippen molar-refractivity contribution >= 4 is 17.8 Å². The summed E-state index contributed by atoms with van der Waals surface area (Å²) in [6, 6.07) is 0.334. The van der Waals surface area contributed by atoms with E-state index in [0.29, 0.717) is 5.06 Å². The van der Waals surface area contributed by atoms with Crippen molar-refractivity contribution < 1.29 is 19.2 Å². The first-order valence-corrected chi connectivity index (χ1v) is 7.50. The maximum Gasteiger partial charge on any atom is 0.347 e. The van der Waals surface area contributed by atoms with Crippen molar-refractivity contribution in [2.45, 2.75) is 73.9 Å². The van der Waals surface area contributed by atoms with Gasteiger partial charge in [-0.2, -0.15) is 0 Å². The molecule has 0 fully saturated rings. The fraction of sp³-hybridized carbons (Fsp3) is 0.800. The number of carbonyl (C=O) groups excluding carboxylic acids is 3. The molecule has 0 saturated heterocycles. The van der Waals surface area contributed by atoms with E-state index < -0.39 is 17.8 Å². The minimum atomic E-state index is -0.612. The summed E-state index contributed by atoms with van der Waals surface area (Å²) in [5, 5.41) is 0.529. The molecule has 0 aliphatic rings. The predicted molar refractivity (Wildman–Crippen MR) is 82.2 cm³/mol. The summed E-state index contributed by atoms with van der Waals surface area (Å²) in [6.07, 6.45) is 0.102. The van der Waals surface area contributed by atoms with E-state index in [4.69, 9.17) is 4.84 Å². The zero-order valence-corrected chi connectivity index (χ0v) is 14.6. The van der Waals surface area contributed by atoms with E-state index in [0.717, 1.165) is 0 Å². The van der Waals surface area contributed by atoms with Crippen molar-refractivity contribution in [1.29, 1.82) is 0 Å². The van der Waals surface area contributed by atoms with Crippen LogP contribution in [0.25, 0.3) is 0 Å². The Kier molecular flexibility index (Phi) is 11.7. The molecular formula is C15H30N2O4. The van der Waals surface area contributed by atoms with Crippen LogP contribution in [-0.2, 0) is 19.2 Å². The van der Waals surface area contributed by atoms with Crippen molar-refractivity contribution in [3.05, 3.63) is 0 Å². The highest BCUT2D eigenvalue weighted by Crippen LogP contribution is 2.06. The van der Waals surface area contributed by atoms with Crippen molar-refractivity contribution in [3.63, 3.8) is 0 Å². The van der Waals surface area contributed by atoms with Gasteiger partial charge in [0.25, 0.3) is 11.8 Å². The molecule has 0 aromatic carbocycles. The van der Waals surface area contributed by atoms with Gasteiger partial charge in [-0.05, 0) is 27.7 Å². The monoisotopic (exact) mass is 302 g/mol. The average Bonchev–Trinajstić information content (AvgIpc) is 2.42. The van der Waals surface area contributed by atoms with Gasteiger partial charge in [0, 0.05) is 25.4 Å². The lowest BCUT2D eigenvalue weighted by molar-refractivity contribution is -0.202. The van der Waals surface area contributed by atoms with Crippen LogP contribution < -0.4 is 0 Å². The minimum absolute atomic E-state index is 0.0378. The normalized spacial score (nSPS) is 10.2. The molecule has 0 aliphatic heterocycles. The van der Waals surface area contributed by atoms with Gasteiger partial charge in [0.15, 0.2) is 0 Å². The Labute approximate surface area is 128 Å². The molecule has 0 rings (SSSR count). The minimum Gasteiger partial charge on any atom is -0.329 e. The lowest BCUT2D eigenvalue weighted by atomic mass is 10.2. The van der Waals surface area contributed by atoms with Crippen LogP contribution >= 0.6 is 0 Å². The number of rotatable bonds is 5. The Bertz CT molecular complexity index is 333. The Morgan fingerprint density at radius 3 is 1.71 bits per heavy atom. The van der Waals surface area contributed by atoms with Crippen LogP contribution in [0.5, 0.6) is 0 Å². The zero-order valence-electron chi connectivity index (χ0n) is 14.6. The van der Waals surface area contributed by atoms with E-state index in [-0.39, 0.29) is 25.0 Å². The molecule has 124 valence electrons. The number of imide groups is 1. The molecule has 2 amide bonds. The summed E-state index contributed by atoms with van der Waals surface area (Å²) in [5.41, 5.74) is 0. The largest absolute Gasteiger partial charge is 0.347 e. The lowest BCUT2D eigenvalue weighted by Gasteiger charge is -2.29. The number of nitrogens with zero attached hydrogens (tertiary/aromatic N) is 2. The summed E-state index contributed by atoms with van der Waals surface area (Å²) in [7, 11) is 0. The van der Waals surface area contributed by atoms with E-state index in [9.17, 15) is 14.4 Å². The molecule has 6 heteroatoms. The summed E-state index contributed by atoms with van der Waals surface area (Å²) in [6.45, 7) is 14.7. The van der Waals surface area contributed by atoms with Gasteiger partial charge in [-0.25, -0.2) is 4.79 Å². The fourth-order valence-corrected chi connectivity index (χ4v) is 1.68. The van der Waals surface area contributed by atoms with Crippen molar-refractivity contribution in [2.24, 2.45) is 0 Å². The third-order valence-corrected chi connectivity index (χ3v) is 2.65. The summed E-state index contributed by atoms with van der Waals surface area (Å²) in [5.74, 6) is -1.73. The summed E-state index contributed by atoms with van der Waals surface area (Å²) < 4.78 is 0. The van der Waals surface area contributed by atoms with Gasteiger partial charge in [-0.15, -0.1) is 5.06 Å². The zero-order chi connectivity index (χ0) is 17.2. The fourth-order valence-electron chi connectivity index (χ4n) is 1.68. The van der Waals surface area contributed by atoms with E-state index in [1.807, 2.05) is 46.4 Å². The van der Waals surface area contributed by atoms with Crippen LogP contribution in [0, 0.1) is 0 Å². The molecule has 0 N–H and O–H groups in total. The third-order valence-electron chi connectivity index (χ3n) is 2.65. The van der Waals surface area contributed by atoms with E-state index >= 15 is 0 Å². The van der Waals surface area contributed by atoms with Crippen LogP contribution in [0.4, 0.5) is 0 Å². The maximum atomic E-state index is 11.8. The molecule has 6 nitrogen and oxygen atoms in total. The molecular weight excluding hydrogens is 272 g/mol. The van der Waals surface area contributed by atoms with Crippen LogP contribution in [0.1, 0.15) is 61.8 Å². The van der Waals surface area contributed by atoms with Gasteiger partial charge in [0.1, 0.15) is 0 Å². The molecule has 0 saturated carbocycles. The lowest BCUT2D eigenvalue weighted by Crippen LogP contribution is -2.44. The third kappa shape index (κ3) is 8.45. The summed E-state index contributed by atoms with van der Waals surface area (Å²) in [4.78, 5) is 41.3. The molecule has 0 radical (unpaired) electrons. The van der Waals surface area contributed by atoms with Gasteiger partial charge in [-0.3, -0.25) is 14.5 Å². The van der Waals surface area contributed by atoms with Crippen molar-refractivity contribution in [1.82, 2.24) is 9.96 Å². The molecule has 21 heavy (non-hydrogen) atoms. The SMILES string of the molecule is CC.CCC(=O)N(OC(=O)CN(C(C)C)C(C)C)C(C)=O.